The Morgan fingerprint density at radius 1 is 0.571 bits per heavy atom. The zero-order chi connectivity index (χ0) is 25.9. The zero-order valence-electron chi connectivity index (χ0n) is 24.8. The van der Waals surface area contributed by atoms with E-state index in [2.05, 4.69) is 27.9 Å². The van der Waals surface area contributed by atoms with Gasteiger partial charge in [0.15, 0.2) is 0 Å². The maximum atomic E-state index is 6.31. The van der Waals surface area contributed by atoms with Crippen molar-refractivity contribution in [2.45, 2.75) is 148 Å². The molecule has 0 aromatic heterocycles. The van der Waals surface area contributed by atoms with Gasteiger partial charge in [0.05, 0.1) is 27.2 Å². The molecule has 0 aliphatic rings. The van der Waals surface area contributed by atoms with Crippen LogP contribution in [0, 0.1) is 0 Å². The number of unbranched alkanes of at least 4 members (excludes halogenated alkanes) is 18. The van der Waals surface area contributed by atoms with Crippen LogP contribution in [0.4, 0.5) is 0 Å². The third-order valence-corrected chi connectivity index (χ3v) is 7.23. The SMILES string of the molecule is CCCCCCCCCCCCOCC(C[N+](C)(C)CCN)OCCCCCCCCCCCC. The summed E-state index contributed by atoms with van der Waals surface area (Å²) < 4.78 is 13.3. The molecule has 0 heterocycles. The molecule has 0 spiro atoms. The Hall–Kier alpha value is -0.160. The van der Waals surface area contributed by atoms with Crippen LogP contribution in [-0.4, -0.2) is 64.1 Å². The molecule has 1 atom stereocenters. The molecular weight excluding hydrogens is 432 g/mol. The molecule has 0 aliphatic carbocycles. The average molecular weight is 500 g/mol. The van der Waals surface area contributed by atoms with Crippen molar-refractivity contribution < 1.29 is 14.0 Å². The summed E-state index contributed by atoms with van der Waals surface area (Å²) in [6.07, 6.45) is 27.5. The van der Waals surface area contributed by atoms with Crippen LogP contribution in [0.1, 0.15) is 142 Å². The van der Waals surface area contributed by atoms with E-state index in [9.17, 15) is 0 Å². The highest BCUT2D eigenvalue weighted by atomic mass is 16.5. The van der Waals surface area contributed by atoms with Gasteiger partial charge < -0.3 is 19.7 Å². The molecule has 4 nitrogen and oxygen atoms in total. The normalized spacial score (nSPS) is 12.9. The van der Waals surface area contributed by atoms with Gasteiger partial charge in [-0.15, -0.1) is 0 Å². The van der Waals surface area contributed by atoms with Gasteiger partial charge in [0, 0.05) is 19.8 Å². The van der Waals surface area contributed by atoms with Gasteiger partial charge in [-0.3, -0.25) is 0 Å². The summed E-state index contributed by atoms with van der Waals surface area (Å²) in [7, 11) is 4.51. The van der Waals surface area contributed by atoms with Crippen molar-refractivity contribution in [3.8, 4) is 0 Å². The second-order valence-electron chi connectivity index (χ2n) is 11.6. The molecule has 2 N–H and O–H groups in total. The number of rotatable bonds is 29. The third kappa shape index (κ3) is 26.7. The van der Waals surface area contributed by atoms with E-state index in [1.807, 2.05) is 0 Å². The Bertz CT molecular complexity index is 403. The first-order chi connectivity index (χ1) is 17.1. The number of nitrogens with two attached hydrogens (primary N) is 1. The van der Waals surface area contributed by atoms with Gasteiger partial charge in [0.2, 0.25) is 0 Å². The van der Waals surface area contributed by atoms with Crippen molar-refractivity contribution in [1.29, 1.82) is 0 Å². The van der Waals surface area contributed by atoms with Crippen molar-refractivity contribution in [3.63, 3.8) is 0 Å². The van der Waals surface area contributed by atoms with E-state index in [0.29, 0.717) is 0 Å². The summed E-state index contributed by atoms with van der Waals surface area (Å²) in [5.74, 6) is 0. The lowest BCUT2D eigenvalue weighted by Gasteiger charge is -2.33. The Morgan fingerprint density at radius 3 is 1.40 bits per heavy atom. The van der Waals surface area contributed by atoms with Crippen LogP contribution in [0.3, 0.4) is 0 Å². The second-order valence-corrected chi connectivity index (χ2v) is 11.6. The maximum absolute atomic E-state index is 6.31. The average Bonchev–Trinajstić information content (AvgIpc) is 2.82. The van der Waals surface area contributed by atoms with Crippen LogP contribution in [0.15, 0.2) is 0 Å². The first-order valence-electron chi connectivity index (χ1n) is 15.8. The molecule has 4 heteroatoms. The molecule has 0 radical (unpaired) electrons. The molecule has 212 valence electrons. The fourth-order valence-corrected chi connectivity index (χ4v) is 4.89. The lowest BCUT2D eigenvalue weighted by Crippen LogP contribution is -2.50. The first kappa shape index (κ1) is 34.8. The number of hydrogen-bond acceptors (Lipinski definition) is 3. The van der Waals surface area contributed by atoms with E-state index in [0.717, 1.165) is 43.9 Å². The Labute approximate surface area is 221 Å². The molecule has 0 aliphatic heterocycles. The largest absolute Gasteiger partial charge is 0.379 e. The molecule has 0 amide bonds. The fourth-order valence-electron chi connectivity index (χ4n) is 4.89. The standard InChI is InChI=1S/C31H67N2O2/c1-5-7-9-11-13-15-17-19-21-23-27-34-30-31(29-33(3,4)26-25-32)35-28-24-22-20-18-16-14-12-10-8-6-2/h31H,5-30,32H2,1-4H3/q+1. The predicted octanol–water partition coefficient (Wildman–Crippen LogP) is 8.27. The fraction of sp³-hybridized carbons (Fsp3) is 1.00. The summed E-state index contributed by atoms with van der Waals surface area (Å²) in [6.45, 7) is 9.72. The molecule has 0 saturated carbocycles. The highest BCUT2D eigenvalue weighted by molar-refractivity contribution is 4.58. The smallest absolute Gasteiger partial charge is 0.130 e. The van der Waals surface area contributed by atoms with Gasteiger partial charge in [-0.2, -0.15) is 0 Å². The highest BCUT2D eigenvalue weighted by Gasteiger charge is 2.22. The van der Waals surface area contributed by atoms with E-state index in [1.165, 1.54) is 128 Å². The number of ether oxygens (including phenoxy) is 2. The summed E-state index contributed by atoms with van der Waals surface area (Å²) in [5.41, 5.74) is 5.84. The Balaban J connectivity index is 3.87. The minimum atomic E-state index is 0.179. The molecule has 0 bridgehead atoms. The third-order valence-electron chi connectivity index (χ3n) is 7.23. The summed E-state index contributed by atoms with van der Waals surface area (Å²) >= 11 is 0. The summed E-state index contributed by atoms with van der Waals surface area (Å²) in [5, 5.41) is 0. The lowest BCUT2D eigenvalue weighted by molar-refractivity contribution is -0.892. The van der Waals surface area contributed by atoms with Crippen molar-refractivity contribution in [2.24, 2.45) is 5.73 Å². The number of hydrogen-bond donors (Lipinski definition) is 1. The van der Waals surface area contributed by atoms with Crippen LogP contribution in [0.2, 0.25) is 0 Å². The van der Waals surface area contributed by atoms with Crippen molar-refractivity contribution in [1.82, 2.24) is 0 Å². The van der Waals surface area contributed by atoms with Gasteiger partial charge in [-0.1, -0.05) is 129 Å². The van der Waals surface area contributed by atoms with Gasteiger partial charge >= 0.3 is 0 Å². The molecule has 0 saturated heterocycles. The highest BCUT2D eigenvalue weighted by Crippen LogP contribution is 2.13. The van der Waals surface area contributed by atoms with Gasteiger partial charge in [0.25, 0.3) is 0 Å². The minimum Gasteiger partial charge on any atom is -0.379 e. The molecule has 1 unspecified atom stereocenters. The van der Waals surface area contributed by atoms with E-state index in [4.69, 9.17) is 15.2 Å². The first-order valence-corrected chi connectivity index (χ1v) is 15.8. The number of quaternary nitrogens is 1. The quantitative estimate of drug-likeness (QED) is 0.0832. The summed E-state index contributed by atoms with van der Waals surface area (Å²) in [4.78, 5) is 0. The van der Waals surface area contributed by atoms with Crippen molar-refractivity contribution in [3.05, 3.63) is 0 Å². The van der Waals surface area contributed by atoms with Crippen LogP contribution in [-0.2, 0) is 9.47 Å². The maximum Gasteiger partial charge on any atom is 0.130 e. The van der Waals surface area contributed by atoms with Crippen LogP contribution >= 0.6 is 0 Å². The molecule has 0 aromatic rings. The van der Waals surface area contributed by atoms with E-state index < -0.39 is 0 Å². The second kappa shape index (κ2) is 26.9. The van der Waals surface area contributed by atoms with E-state index >= 15 is 0 Å². The molecule has 0 fully saturated rings. The lowest BCUT2D eigenvalue weighted by atomic mass is 10.1. The minimum absolute atomic E-state index is 0.179. The van der Waals surface area contributed by atoms with E-state index in [-0.39, 0.29) is 6.10 Å². The molecule has 0 aromatic carbocycles. The van der Waals surface area contributed by atoms with Crippen LogP contribution < -0.4 is 5.73 Å². The number of likely N-dealkylation sites (N-methyl/N-ethyl adjacent to an activating group) is 1. The molecule has 0 rings (SSSR count). The Morgan fingerprint density at radius 2 is 0.971 bits per heavy atom. The number of nitrogens with zero attached hydrogens (tertiary/aromatic N) is 1. The van der Waals surface area contributed by atoms with Crippen LogP contribution in [0.25, 0.3) is 0 Å². The van der Waals surface area contributed by atoms with Gasteiger partial charge in [-0.25, -0.2) is 0 Å². The molecular formula is C31H67N2O2+. The van der Waals surface area contributed by atoms with Gasteiger partial charge in [0.1, 0.15) is 12.6 Å². The monoisotopic (exact) mass is 500 g/mol. The van der Waals surface area contributed by atoms with Crippen molar-refractivity contribution >= 4 is 0 Å². The van der Waals surface area contributed by atoms with E-state index in [1.54, 1.807) is 0 Å². The summed E-state index contributed by atoms with van der Waals surface area (Å²) in [6, 6.07) is 0. The topological polar surface area (TPSA) is 44.5 Å². The zero-order valence-corrected chi connectivity index (χ0v) is 24.8. The van der Waals surface area contributed by atoms with Crippen molar-refractivity contribution in [2.75, 3.05) is 53.6 Å². The molecule has 35 heavy (non-hydrogen) atoms. The van der Waals surface area contributed by atoms with Crippen LogP contribution in [0.5, 0.6) is 0 Å². The predicted molar refractivity (Wildman–Crippen MR) is 155 cm³/mol. The Kier molecular flexibility index (Phi) is 26.8. The van der Waals surface area contributed by atoms with Gasteiger partial charge in [-0.05, 0) is 12.8 Å².